The zero-order valence-corrected chi connectivity index (χ0v) is 14.3. The second-order valence-electron chi connectivity index (χ2n) is 5.87. The maximum atomic E-state index is 12.6. The van der Waals surface area contributed by atoms with Gasteiger partial charge in [-0.1, -0.05) is 30.3 Å². The average molecular weight is 341 g/mol. The summed E-state index contributed by atoms with van der Waals surface area (Å²) < 4.78 is 0. The van der Waals surface area contributed by atoms with Crippen LogP contribution in [-0.4, -0.2) is 33.5 Å². The molecule has 0 atom stereocenters. The summed E-state index contributed by atoms with van der Waals surface area (Å²) in [6, 6.07) is 11.5. The number of carboxylic acid groups (broad SMARTS) is 1. The van der Waals surface area contributed by atoms with Crippen molar-refractivity contribution >= 4 is 12.0 Å². The number of aromatic nitrogens is 1. The van der Waals surface area contributed by atoms with E-state index in [1.165, 1.54) is 0 Å². The van der Waals surface area contributed by atoms with Crippen LogP contribution in [-0.2, 0) is 17.9 Å². The number of aryl methyl sites for hydroxylation is 1. The fraction of sp³-hybridized carbons (Fsp3) is 0.316. The van der Waals surface area contributed by atoms with E-state index < -0.39 is 5.97 Å². The normalized spacial score (nSPS) is 10.3. The fourth-order valence-electron chi connectivity index (χ4n) is 2.45. The topological polar surface area (TPSA) is 82.5 Å². The predicted octanol–water partition coefficient (Wildman–Crippen LogP) is 2.97. The van der Waals surface area contributed by atoms with Crippen LogP contribution in [0.4, 0.5) is 4.79 Å². The van der Waals surface area contributed by atoms with Gasteiger partial charge in [0.1, 0.15) is 0 Å². The van der Waals surface area contributed by atoms with Crippen LogP contribution in [0.1, 0.15) is 29.5 Å². The molecule has 0 spiro atoms. The third-order valence-corrected chi connectivity index (χ3v) is 3.85. The van der Waals surface area contributed by atoms with Crippen LogP contribution in [0.5, 0.6) is 0 Å². The number of carbonyl (C=O) groups excluding carboxylic acids is 1. The van der Waals surface area contributed by atoms with Crippen LogP contribution in [0.2, 0.25) is 0 Å². The van der Waals surface area contributed by atoms with Crippen molar-refractivity contribution in [1.29, 1.82) is 0 Å². The van der Waals surface area contributed by atoms with Crippen LogP contribution < -0.4 is 5.32 Å². The molecule has 1 aromatic carbocycles. The average Bonchev–Trinajstić information content (AvgIpc) is 2.60. The molecule has 0 radical (unpaired) electrons. The number of urea groups is 1. The monoisotopic (exact) mass is 341 g/mol. The van der Waals surface area contributed by atoms with E-state index in [0.29, 0.717) is 26.1 Å². The molecule has 1 heterocycles. The van der Waals surface area contributed by atoms with Crippen LogP contribution in [0, 0.1) is 6.92 Å². The van der Waals surface area contributed by atoms with Crippen LogP contribution in [0.15, 0.2) is 48.8 Å². The zero-order valence-electron chi connectivity index (χ0n) is 14.3. The molecule has 2 aromatic rings. The summed E-state index contributed by atoms with van der Waals surface area (Å²) in [4.78, 5) is 28.9. The summed E-state index contributed by atoms with van der Waals surface area (Å²) in [5.74, 6) is -0.860. The molecule has 0 bridgehead atoms. The molecule has 2 N–H and O–H groups in total. The largest absolute Gasteiger partial charge is 0.481 e. The van der Waals surface area contributed by atoms with Gasteiger partial charge in [-0.05, 0) is 36.1 Å². The smallest absolute Gasteiger partial charge is 0.318 e. The number of rotatable bonds is 8. The number of carboxylic acids is 1. The van der Waals surface area contributed by atoms with Crippen molar-refractivity contribution in [2.24, 2.45) is 0 Å². The summed E-state index contributed by atoms with van der Waals surface area (Å²) in [5, 5.41) is 11.5. The van der Waals surface area contributed by atoms with E-state index in [1.54, 1.807) is 17.3 Å². The molecule has 0 saturated heterocycles. The molecule has 2 rings (SSSR count). The molecule has 0 unspecified atom stereocenters. The Morgan fingerprint density at radius 2 is 1.96 bits per heavy atom. The maximum Gasteiger partial charge on any atom is 0.318 e. The highest BCUT2D eigenvalue weighted by atomic mass is 16.4. The first-order valence-corrected chi connectivity index (χ1v) is 8.24. The minimum Gasteiger partial charge on any atom is -0.481 e. The minimum absolute atomic E-state index is 0.0423. The van der Waals surface area contributed by atoms with E-state index in [-0.39, 0.29) is 12.5 Å². The lowest BCUT2D eigenvalue weighted by Crippen LogP contribution is -2.39. The number of aliphatic carboxylic acids is 1. The van der Waals surface area contributed by atoms with Crippen molar-refractivity contribution in [2.75, 3.05) is 6.54 Å². The molecule has 25 heavy (non-hydrogen) atoms. The summed E-state index contributed by atoms with van der Waals surface area (Å²) in [7, 11) is 0. The van der Waals surface area contributed by atoms with Gasteiger partial charge in [-0.2, -0.15) is 0 Å². The molecular weight excluding hydrogens is 318 g/mol. The zero-order chi connectivity index (χ0) is 18.1. The van der Waals surface area contributed by atoms with Gasteiger partial charge in [-0.15, -0.1) is 0 Å². The Hall–Kier alpha value is -2.89. The van der Waals surface area contributed by atoms with Crippen LogP contribution in [0.25, 0.3) is 0 Å². The molecule has 2 amide bonds. The summed E-state index contributed by atoms with van der Waals surface area (Å²) in [5.41, 5.74) is 3.14. The number of hydrogen-bond donors (Lipinski definition) is 2. The third kappa shape index (κ3) is 6.25. The van der Waals surface area contributed by atoms with Crippen LogP contribution in [0.3, 0.4) is 0 Å². The molecule has 6 nitrogen and oxygen atoms in total. The Labute approximate surface area is 147 Å². The lowest BCUT2D eigenvalue weighted by atomic mass is 10.1. The van der Waals surface area contributed by atoms with E-state index >= 15 is 0 Å². The van der Waals surface area contributed by atoms with Crippen LogP contribution >= 0.6 is 0 Å². The molecule has 0 saturated carbocycles. The summed E-state index contributed by atoms with van der Waals surface area (Å²) in [6.07, 6.45) is 3.89. The highest BCUT2D eigenvalue weighted by Crippen LogP contribution is 2.13. The Morgan fingerprint density at radius 3 is 2.64 bits per heavy atom. The van der Waals surface area contributed by atoms with Gasteiger partial charge in [0.2, 0.25) is 0 Å². The second-order valence-corrected chi connectivity index (χ2v) is 5.87. The van der Waals surface area contributed by atoms with Crippen molar-refractivity contribution in [2.45, 2.75) is 32.9 Å². The Bertz CT molecular complexity index is 704. The molecule has 0 fully saturated rings. The quantitative estimate of drug-likeness (QED) is 0.723. The van der Waals surface area contributed by atoms with E-state index in [4.69, 9.17) is 5.11 Å². The number of carbonyl (C=O) groups is 2. The minimum atomic E-state index is -0.860. The Morgan fingerprint density at radius 1 is 1.16 bits per heavy atom. The number of nitrogens with zero attached hydrogens (tertiary/aromatic N) is 2. The van der Waals surface area contributed by atoms with Crippen molar-refractivity contribution in [3.8, 4) is 0 Å². The van der Waals surface area contributed by atoms with Crippen molar-refractivity contribution in [3.63, 3.8) is 0 Å². The summed E-state index contributed by atoms with van der Waals surface area (Å²) >= 11 is 0. The van der Waals surface area contributed by atoms with Gasteiger partial charge >= 0.3 is 12.0 Å². The van der Waals surface area contributed by atoms with Gasteiger partial charge in [0, 0.05) is 38.4 Å². The van der Waals surface area contributed by atoms with Gasteiger partial charge in [0.15, 0.2) is 0 Å². The van der Waals surface area contributed by atoms with Gasteiger partial charge in [-0.25, -0.2) is 4.79 Å². The van der Waals surface area contributed by atoms with E-state index in [2.05, 4.69) is 10.3 Å². The standard InChI is InChI=1S/C19H23N3O3/c1-15-6-2-3-8-17(15)14-22(13-16-7-4-10-20-12-16)19(25)21-11-5-9-18(23)24/h2-4,6-8,10,12H,5,9,11,13-14H2,1H3,(H,21,25)(H,23,24). The number of hydrogen-bond acceptors (Lipinski definition) is 3. The molecule has 6 heteroatoms. The Balaban J connectivity index is 2.04. The highest BCUT2D eigenvalue weighted by Gasteiger charge is 2.15. The number of pyridine rings is 1. The first-order valence-electron chi connectivity index (χ1n) is 8.24. The lowest BCUT2D eigenvalue weighted by Gasteiger charge is -2.24. The molecular formula is C19H23N3O3. The van der Waals surface area contributed by atoms with E-state index in [0.717, 1.165) is 16.7 Å². The molecule has 1 aromatic heterocycles. The summed E-state index contributed by atoms with van der Waals surface area (Å²) in [6.45, 7) is 3.27. The number of amides is 2. The molecule has 0 aliphatic carbocycles. The maximum absolute atomic E-state index is 12.6. The van der Waals surface area contributed by atoms with Gasteiger partial charge < -0.3 is 15.3 Å². The number of benzene rings is 1. The predicted molar refractivity (Wildman–Crippen MR) is 94.9 cm³/mol. The Kier molecular flexibility index (Phi) is 6.95. The van der Waals surface area contributed by atoms with Gasteiger partial charge in [0.05, 0.1) is 0 Å². The molecule has 132 valence electrons. The second kappa shape index (κ2) is 9.42. The lowest BCUT2D eigenvalue weighted by molar-refractivity contribution is -0.137. The van der Waals surface area contributed by atoms with Crippen molar-refractivity contribution in [3.05, 3.63) is 65.5 Å². The molecule has 0 aliphatic rings. The number of nitrogens with one attached hydrogen (secondary N) is 1. The van der Waals surface area contributed by atoms with Crippen molar-refractivity contribution < 1.29 is 14.7 Å². The van der Waals surface area contributed by atoms with Gasteiger partial charge in [0.25, 0.3) is 0 Å². The fourth-order valence-corrected chi connectivity index (χ4v) is 2.45. The molecule has 0 aliphatic heterocycles. The first-order chi connectivity index (χ1) is 12.1. The van der Waals surface area contributed by atoms with E-state index in [1.807, 2.05) is 43.3 Å². The van der Waals surface area contributed by atoms with Crippen molar-refractivity contribution in [1.82, 2.24) is 15.2 Å². The first kappa shape index (κ1) is 18.4. The highest BCUT2D eigenvalue weighted by molar-refractivity contribution is 5.74. The third-order valence-electron chi connectivity index (χ3n) is 3.85. The van der Waals surface area contributed by atoms with E-state index in [9.17, 15) is 9.59 Å². The SMILES string of the molecule is Cc1ccccc1CN(Cc1cccnc1)C(=O)NCCCC(=O)O. The van der Waals surface area contributed by atoms with Gasteiger partial charge in [-0.3, -0.25) is 9.78 Å².